The molecular formula is C34H27N3O2S. The second-order valence-corrected chi connectivity index (χ2v) is 10.8. The van der Waals surface area contributed by atoms with Gasteiger partial charge in [0, 0.05) is 22.3 Å². The normalized spacial score (nSPS) is 12.7. The van der Waals surface area contributed by atoms with Gasteiger partial charge in [-0.3, -0.25) is 4.79 Å². The van der Waals surface area contributed by atoms with Gasteiger partial charge in [0.15, 0.2) is 0 Å². The first kappa shape index (κ1) is 25.5. The topological polar surface area (TPSA) is 74.5 Å². The van der Waals surface area contributed by atoms with Crippen LogP contribution in [-0.4, -0.2) is 12.1 Å². The number of hydrogen-bond donors (Lipinski definition) is 1. The van der Waals surface area contributed by atoms with Crippen molar-refractivity contribution in [1.82, 2.24) is 0 Å². The van der Waals surface area contributed by atoms with E-state index < -0.39 is 0 Å². The minimum absolute atomic E-state index is 0.118. The van der Waals surface area contributed by atoms with Crippen molar-refractivity contribution in [1.29, 1.82) is 5.26 Å². The molecule has 0 spiro atoms. The maximum atomic E-state index is 13.5. The number of fused-ring (bicyclic) bond motifs is 2. The molecule has 40 heavy (non-hydrogen) atoms. The van der Waals surface area contributed by atoms with E-state index in [1.165, 1.54) is 4.88 Å². The Morgan fingerprint density at radius 2 is 1.73 bits per heavy atom. The SMILES string of the molecule is N#Cc1ccc(COc2ccc3ccccc3c2C=Nc2sc3c(c2C(=O)Nc2ccccc2)CCCC3)cc1. The third kappa shape index (κ3) is 5.38. The molecule has 6 heteroatoms. The summed E-state index contributed by atoms with van der Waals surface area (Å²) in [5.41, 5.74) is 5.04. The number of nitrogens with zero attached hydrogens (tertiary/aromatic N) is 2. The largest absolute Gasteiger partial charge is 0.488 e. The van der Waals surface area contributed by atoms with Crippen LogP contribution in [0.1, 0.15) is 50.3 Å². The summed E-state index contributed by atoms with van der Waals surface area (Å²) >= 11 is 1.62. The number of carbonyl (C=O) groups is 1. The number of thiophene rings is 1. The van der Waals surface area contributed by atoms with E-state index in [-0.39, 0.29) is 5.91 Å². The molecule has 0 unspecified atom stereocenters. The summed E-state index contributed by atoms with van der Waals surface area (Å²) in [7, 11) is 0. The molecule has 6 rings (SSSR count). The number of amides is 1. The van der Waals surface area contributed by atoms with Gasteiger partial charge in [-0.1, -0.05) is 60.7 Å². The molecule has 196 valence electrons. The molecule has 4 aromatic carbocycles. The van der Waals surface area contributed by atoms with Crippen molar-refractivity contribution in [2.24, 2.45) is 4.99 Å². The Morgan fingerprint density at radius 3 is 2.55 bits per heavy atom. The molecule has 0 fully saturated rings. The second-order valence-electron chi connectivity index (χ2n) is 9.77. The van der Waals surface area contributed by atoms with Gasteiger partial charge in [0.1, 0.15) is 17.4 Å². The number of benzene rings is 4. The molecule has 1 N–H and O–H groups in total. The van der Waals surface area contributed by atoms with E-state index in [9.17, 15) is 4.79 Å². The number of rotatable bonds is 7. The second kappa shape index (κ2) is 11.6. The van der Waals surface area contributed by atoms with Crippen molar-refractivity contribution in [3.05, 3.63) is 124 Å². The Kier molecular flexibility index (Phi) is 7.39. The highest BCUT2D eigenvalue weighted by molar-refractivity contribution is 7.16. The van der Waals surface area contributed by atoms with Crippen molar-refractivity contribution in [3.63, 3.8) is 0 Å². The summed E-state index contributed by atoms with van der Waals surface area (Å²) in [4.78, 5) is 19.7. The van der Waals surface area contributed by atoms with Gasteiger partial charge < -0.3 is 10.1 Å². The molecule has 0 aliphatic heterocycles. The van der Waals surface area contributed by atoms with Crippen LogP contribution in [0, 0.1) is 11.3 Å². The Balaban J connectivity index is 1.36. The molecule has 0 saturated carbocycles. The third-order valence-corrected chi connectivity index (χ3v) is 8.33. The Labute approximate surface area is 237 Å². The van der Waals surface area contributed by atoms with E-state index >= 15 is 0 Å². The van der Waals surface area contributed by atoms with Crippen molar-refractivity contribution in [2.75, 3.05) is 5.32 Å². The number of para-hydroxylation sites is 1. The average molecular weight is 542 g/mol. The van der Waals surface area contributed by atoms with E-state index in [1.807, 2.05) is 72.9 Å². The molecular weight excluding hydrogens is 514 g/mol. The smallest absolute Gasteiger partial charge is 0.259 e. The summed E-state index contributed by atoms with van der Waals surface area (Å²) in [6.45, 7) is 0.364. The zero-order valence-electron chi connectivity index (χ0n) is 21.9. The molecule has 0 bridgehead atoms. The summed E-state index contributed by atoms with van der Waals surface area (Å²) in [6, 6.07) is 31.3. The molecule has 1 aliphatic carbocycles. The van der Waals surface area contributed by atoms with Gasteiger partial charge in [-0.05, 0) is 77.9 Å². The molecule has 0 radical (unpaired) electrons. The molecule has 1 amide bonds. The molecule has 5 aromatic rings. The van der Waals surface area contributed by atoms with Crippen molar-refractivity contribution >= 4 is 44.9 Å². The minimum Gasteiger partial charge on any atom is -0.488 e. The average Bonchev–Trinajstić information content (AvgIpc) is 3.38. The monoisotopic (exact) mass is 541 g/mol. The minimum atomic E-state index is -0.118. The first-order chi connectivity index (χ1) is 19.7. The number of ether oxygens (including phenoxy) is 1. The number of nitriles is 1. The van der Waals surface area contributed by atoms with Crippen molar-refractivity contribution < 1.29 is 9.53 Å². The van der Waals surface area contributed by atoms with E-state index in [0.717, 1.165) is 63.8 Å². The van der Waals surface area contributed by atoms with Gasteiger partial charge in [-0.2, -0.15) is 5.26 Å². The first-order valence-corrected chi connectivity index (χ1v) is 14.2. The molecule has 1 aromatic heterocycles. The lowest BCUT2D eigenvalue weighted by Crippen LogP contribution is -2.14. The van der Waals surface area contributed by atoms with Gasteiger partial charge >= 0.3 is 0 Å². The predicted octanol–water partition coefficient (Wildman–Crippen LogP) is 8.23. The fourth-order valence-corrected chi connectivity index (χ4v) is 6.32. The van der Waals surface area contributed by atoms with Crippen LogP contribution in [0.25, 0.3) is 10.8 Å². The van der Waals surface area contributed by atoms with E-state index in [2.05, 4.69) is 23.5 Å². The highest BCUT2D eigenvalue weighted by atomic mass is 32.1. The molecule has 1 aliphatic rings. The fourth-order valence-electron chi connectivity index (χ4n) is 5.09. The lowest BCUT2D eigenvalue weighted by Gasteiger charge is -2.13. The van der Waals surface area contributed by atoms with Gasteiger partial charge in [-0.15, -0.1) is 11.3 Å². The van der Waals surface area contributed by atoms with Crippen LogP contribution in [0.5, 0.6) is 5.75 Å². The van der Waals surface area contributed by atoms with Crippen LogP contribution in [-0.2, 0) is 19.4 Å². The maximum absolute atomic E-state index is 13.5. The predicted molar refractivity (Wildman–Crippen MR) is 162 cm³/mol. The quantitative estimate of drug-likeness (QED) is 0.211. The first-order valence-electron chi connectivity index (χ1n) is 13.4. The lowest BCUT2D eigenvalue weighted by atomic mass is 9.95. The highest BCUT2D eigenvalue weighted by Gasteiger charge is 2.25. The number of aryl methyl sites for hydroxylation is 1. The molecule has 0 saturated heterocycles. The van der Waals surface area contributed by atoms with Crippen LogP contribution < -0.4 is 10.1 Å². The van der Waals surface area contributed by atoms with Crippen LogP contribution in [0.4, 0.5) is 10.7 Å². The zero-order valence-corrected chi connectivity index (χ0v) is 22.7. The van der Waals surface area contributed by atoms with Crippen LogP contribution in [0.15, 0.2) is 96.0 Å². The zero-order chi connectivity index (χ0) is 27.3. The Bertz CT molecular complexity index is 1750. The van der Waals surface area contributed by atoms with E-state index in [4.69, 9.17) is 15.0 Å². The molecule has 5 nitrogen and oxygen atoms in total. The summed E-state index contributed by atoms with van der Waals surface area (Å²) in [6.07, 6.45) is 5.93. The molecule has 0 atom stereocenters. The van der Waals surface area contributed by atoms with Crippen LogP contribution in [0.2, 0.25) is 0 Å². The number of carbonyl (C=O) groups excluding carboxylic acids is 1. The van der Waals surface area contributed by atoms with Gasteiger partial charge in [-0.25, -0.2) is 4.99 Å². The number of nitrogens with one attached hydrogen (secondary N) is 1. The molecule has 1 heterocycles. The Hall–Kier alpha value is -4.73. The van der Waals surface area contributed by atoms with Crippen molar-refractivity contribution in [2.45, 2.75) is 32.3 Å². The van der Waals surface area contributed by atoms with Crippen LogP contribution in [0.3, 0.4) is 0 Å². The van der Waals surface area contributed by atoms with Crippen molar-refractivity contribution in [3.8, 4) is 11.8 Å². The number of anilines is 1. The highest BCUT2D eigenvalue weighted by Crippen LogP contribution is 2.40. The number of hydrogen-bond acceptors (Lipinski definition) is 5. The Morgan fingerprint density at radius 1 is 0.950 bits per heavy atom. The van der Waals surface area contributed by atoms with E-state index in [0.29, 0.717) is 23.5 Å². The standard InChI is InChI=1S/C34H27N3O2S/c35-20-23-14-16-24(17-15-23)22-39-30-19-18-25-8-4-5-11-27(25)29(30)21-36-34-32(28-12-6-7-13-31(28)40-34)33(38)37-26-9-2-1-3-10-26/h1-5,8-11,14-19,21H,6-7,12-13,22H2,(H,37,38). The summed E-state index contributed by atoms with van der Waals surface area (Å²) in [5, 5.41) is 15.0. The van der Waals surface area contributed by atoms with Gasteiger partial charge in [0.05, 0.1) is 17.2 Å². The fraction of sp³-hybridized carbons (Fsp3) is 0.147. The van der Waals surface area contributed by atoms with Gasteiger partial charge in [0.25, 0.3) is 5.91 Å². The van der Waals surface area contributed by atoms with Gasteiger partial charge in [0.2, 0.25) is 0 Å². The summed E-state index contributed by atoms with van der Waals surface area (Å²) < 4.78 is 6.28. The maximum Gasteiger partial charge on any atom is 0.259 e. The summed E-state index contributed by atoms with van der Waals surface area (Å²) in [5.74, 6) is 0.594. The third-order valence-electron chi connectivity index (χ3n) is 7.13. The van der Waals surface area contributed by atoms with Crippen LogP contribution >= 0.6 is 11.3 Å². The lowest BCUT2D eigenvalue weighted by molar-refractivity contribution is 0.102. The van der Waals surface area contributed by atoms with E-state index in [1.54, 1.807) is 23.5 Å². The number of aliphatic imine (C=N–C) groups is 1.